The van der Waals surface area contributed by atoms with Crippen molar-refractivity contribution < 1.29 is 19.4 Å². The average molecular weight is 458 g/mol. The Balaban J connectivity index is 1.65. The molecule has 0 heterocycles. The highest BCUT2D eigenvalue weighted by Crippen LogP contribution is 2.38. The van der Waals surface area contributed by atoms with Gasteiger partial charge in [-0.1, -0.05) is 79.7 Å². The van der Waals surface area contributed by atoms with E-state index < -0.39 is 12.6 Å². The van der Waals surface area contributed by atoms with Crippen LogP contribution in [-0.2, 0) is 22.4 Å². The van der Waals surface area contributed by atoms with E-state index in [0.29, 0.717) is 5.75 Å². The molecule has 3 aromatic carbocycles. The Morgan fingerprint density at radius 2 is 1.68 bits per heavy atom. The summed E-state index contributed by atoms with van der Waals surface area (Å²) in [6.07, 6.45) is 3.37. The van der Waals surface area contributed by atoms with E-state index in [2.05, 4.69) is 36.1 Å². The van der Waals surface area contributed by atoms with Crippen LogP contribution in [0.15, 0.2) is 78.9 Å². The van der Waals surface area contributed by atoms with Crippen molar-refractivity contribution in [3.63, 3.8) is 0 Å². The molecule has 0 saturated heterocycles. The molecule has 0 saturated carbocycles. The molecule has 5 heteroatoms. The molecule has 0 spiro atoms. The van der Waals surface area contributed by atoms with Crippen LogP contribution in [0, 0.1) is 5.92 Å². The zero-order chi connectivity index (χ0) is 23.9. The molecular weight excluding hydrogens is 426 g/mol. The average Bonchev–Trinajstić information content (AvgIpc) is 2.89. The van der Waals surface area contributed by atoms with Gasteiger partial charge in [-0.3, -0.25) is 4.90 Å². The van der Waals surface area contributed by atoms with E-state index in [9.17, 15) is 9.59 Å². The summed E-state index contributed by atoms with van der Waals surface area (Å²) >= 11 is 0. The lowest BCUT2D eigenvalue weighted by Gasteiger charge is -2.40. The summed E-state index contributed by atoms with van der Waals surface area (Å²) in [6, 6.07) is 26.1. The molecule has 2 atom stereocenters. The first kappa shape index (κ1) is 23.9. The number of esters is 1. The third-order valence-corrected chi connectivity index (χ3v) is 6.76. The van der Waals surface area contributed by atoms with Crippen molar-refractivity contribution in [2.75, 3.05) is 13.2 Å². The lowest BCUT2D eigenvalue weighted by Crippen LogP contribution is -2.46. The number of nitrogens with zero attached hydrogens (tertiary/aromatic N) is 1. The van der Waals surface area contributed by atoms with E-state index in [1.165, 1.54) is 0 Å². The third-order valence-electron chi connectivity index (χ3n) is 6.76. The molecule has 1 aliphatic carbocycles. The molecule has 176 valence electrons. The number of benzene rings is 3. The van der Waals surface area contributed by atoms with Gasteiger partial charge >= 0.3 is 5.97 Å². The molecule has 1 aliphatic rings. The predicted octanol–water partition coefficient (Wildman–Crippen LogP) is 4.37. The number of hydrogen-bond donors (Lipinski definition) is 1. The Bertz CT molecular complexity index is 1060. The smallest absolute Gasteiger partial charge is 0.337 e. The van der Waals surface area contributed by atoms with Crippen LogP contribution in [0.1, 0.15) is 41.6 Å². The fraction of sp³-hybridized carbons (Fsp3) is 0.310. The van der Waals surface area contributed by atoms with Gasteiger partial charge in [-0.25, -0.2) is 4.79 Å². The van der Waals surface area contributed by atoms with Crippen molar-refractivity contribution >= 4 is 12.3 Å². The van der Waals surface area contributed by atoms with Gasteiger partial charge in [0.1, 0.15) is 18.6 Å². The minimum atomic E-state index is -0.660. The number of carbonyl (C=O) groups excluding carboxylic acids is 2. The Kier molecular flexibility index (Phi) is 7.88. The topological polar surface area (TPSA) is 66.8 Å². The van der Waals surface area contributed by atoms with Gasteiger partial charge in [-0.15, -0.1) is 0 Å². The third kappa shape index (κ3) is 5.11. The van der Waals surface area contributed by atoms with Crippen molar-refractivity contribution in [3.05, 3.63) is 101 Å². The molecule has 0 aliphatic heterocycles. The van der Waals surface area contributed by atoms with Crippen LogP contribution < -0.4 is 4.74 Å². The van der Waals surface area contributed by atoms with Crippen molar-refractivity contribution in [1.82, 2.24) is 4.90 Å². The van der Waals surface area contributed by atoms with Gasteiger partial charge in [0.2, 0.25) is 0 Å². The van der Waals surface area contributed by atoms with Gasteiger partial charge in [-0.05, 0) is 60.0 Å². The Hall–Kier alpha value is -3.28. The van der Waals surface area contributed by atoms with Gasteiger partial charge in [0, 0.05) is 0 Å². The molecule has 0 amide bonds. The van der Waals surface area contributed by atoms with Crippen LogP contribution in [0.3, 0.4) is 0 Å². The highest BCUT2D eigenvalue weighted by atomic mass is 16.5. The molecule has 34 heavy (non-hydrogen) atoms. The van der Waals surface area contributed by atoms with Crippen molar-refractivity contribution in [3.8, 4) is 5.75 Å². The monoisotopic (exact) mass is 457 g/mol. The van der Waals surface area contributed by atoms with Crippen molar-refractivity contribution in [2.24, 2.45) is 5.92 Å². The maximum Gasteiger partial charge on any atom is 0.337 e. The summed E-state index contributed by atoms with van der Waals surface area (Å²) in [5, 5.41) is 9.06. The molecular formula is C29H31NO4. The molecule has 4 rings (SSSR count). The van der Waals surface area contributed by atoms with Crippen LogP contribution in [-0.4, -0.2) is 41.5 Å². The van der Waals surface area contributed by atoms with E-state index in [-0.39, 0.29) is 18.0 Å². The SMILES string of the molecule is CCN(C(c1ccccc1)c1ccccc1)C(C=O)C1CCc2c(cccc2OC(=O)CO)C1. The van der Waals surface area contributed by atoms with E-state index in [0.717, 1.165) is 54.3 Å². The fourth-order valence-electron chi connectivity index (χ4n) is 5.21. The molecule has 0 aromatic heterocycles. The number of aldehydes is 1. The normalized spacial score (nSPS) is 16.2. The number of ether oxygens (including phenoxy) is 1. The molecule has 0 bridgehead atoms. The van der Waals surface area contributed by atoms with Crippen LogP contribution in [0.2, 0.25) is 0 Å². The first-order chi connectivity index (χ1) is 16.7. The Labute approximate surface area is 201 Å². The highest BCUT2D eigenvalue weighted by molar-refractivity contribution is 5.74. The zero-order valence-corrected chi connectivity index (χ0v) is 19.5. The summed E-state index contributed by atoms with van der Waals surface area (Å²) in [5.41, 5.74) is 4.42. The molecule has 2 unspecified atom stereocenters. The Morgan fingerprint density at radius 3 is 2.24 bits per heavy atom. The van der Waals surface area contributed by atoms with E-state index in [1.54, 1.807) is 6.07 Å². The number of likely N-dealkylation sites (N-methyl/N-ethyl adjacent to an activating group) is 1. The summed E-state index contributed by atoms with van der Waals surface area (Å²) < 4.78 is 5.34. The summed E-state index contributed by atoms with van der Waals surface area (Å²) in [4.78, 5) is 26.5. The van der Waals surface area contributed by atoms with Crippen LogP contribution in [0.4, 0.5) is 0 Å². The van der Waals surface area contributed by atoms with E-state index in [4.69, 9.17) is 9.84 Å². The maximum absolute atomic E-state index is 12.6. The van der Waals surface area contributed by atoms with Crippen LogP contribution in [0.5, 0.6) is 5.75 Å². The van der Waals surface area contributed by atoms with Gasteiger partial charge in [0.05, 0.1) is 12.1 Å². The number of rotatable bonds is 9. The number of carbonyl (C=O) groups is 2. The lowest BCUT2D eigenvalue weighted by atomic mass is 9.78. The predicted molar refractivity (Wildman–Crippen MR) is 132 cm³/mol. The minimum Gasteiger partial charge on any atom is -0.425 e. The van der Waals surface area contributed by atoms with Gasteiger partial charge in [-0.2, -0.15) is 0 Å². The first-order valence-corrected chi connectivity index (χ1v) is 11.9. The van der Waals surface area contributed by atoms with Gasteiger partial charge in [0.25, 0.3) is 0 Å². The van der Waals surface area contributed by atoms with Crippen LogP contribution in [0.25, 0.3) is 0 Å². The zero-order valence-electron chi connectivity index (χ0n) is 19.5. The van der Waals surface area contributed by atoms with Crippen molar-refractivity contribution in [2.45, 2.75) is 38.3 Å². The number of hydrogen-bond acceptors (Lipinski definition) is 5. The summed E-state index contributed by atoms with van der Waals surface area (Å²) in [5.74, 6) is -0.00729. The van der Waals surface area contributed by atoms with Gasteiger partial charge in [0.15, 0.2) is 0 Å². The number of aliphatic hydroxyl groups excluding tert-OH is 1. The maximum atomic E-state index is 12.6. The number of aliphatic hydroxyl groups is 1. The van der Waals surface area contributed by atoms with Crippen LogP contribution >= 0.6 is 0 Å². The standard InChI is InChI=1S/C29H31NO4/c1-2-30(29(21-10-5-3-6-11-21)22-12-7-4-8-13-22)26(19-31)24-16-17-25-23(18-24)14-9-15-27(25)34-28(33)20-32/h3-15,19,24,26,29,32H,2,16-18,20H2,1H3. The molecule has 3 aromatic rings. The second-order valence-corrected chi connectivity index (χ2v) is 8.71. The largest absolute Gasteiger partial charge is 0.425 e. The van der Waals surface area contributed by atoms with E-state index >= 15 is 0 Å². The fourth-order valence-corrected chi connectivity index (χ4v) is 5.21. The quantitative estimate of drug-likeness (QED) is 0.294. The molecule has 5 nitrogen and oxygen atoms in total. The minimum absolute atomic E-state index is 0.0270. The Morgan fingerprint density at radius 1 is 1.03 bits per heavy atom. The van der Waals surface area contributed by atoms with Gasteiger partial charge < -0.3 is 14.6 Å². The summed E-state index contributed by atoms with van der Waals surface area (Å²) in [7, 11) is 0. The molecule has 1 N–H and O–H groups in total. The summed E-state index contributed by atoms with van der Waals surface area (Å²) in [6.45, 7) is 2.19. The highest BCUT2D eigenvalue weighted by Gasteiger charge is 2.35. The second-order valence-electron chi connectivity index (χ2n) is 8.71. The number of fused-ring (bicyclic) bond motifs is 1. The first-order valence-electron chi connectivity index (χ1n) is 11.9. The lowest BCUT2D eigenvalue weighted by molar-refractivity contribution is -0.137. The second kappa shape index (κ2) is 11.2. The molecule has 0 fully saturated rings. The molecule has 0 radical (unpaired) electrons. The van der Waals surface area contributed by atoms with E-state index in [1.807, 2.05) is 48.5 Å². The van der Waals surface area contributed by atoms with Crippen molar-refractivity contribution in [1.29, 1.82) is 0 Å².